The van der Waals surface area contributed by atoms with Gasteiger partial charge in [-0.2, -0.15) is 0 Å². The summed E-state index contributed by atoms with van der Waals surface area (Å²) >= 11 is 0. The minimum absolute atomic E-state index is 0.225. The number of rotatable bonds is 8. The molecule has 0 aliphatic carbocycles. The molecule has 0 aliphatic rings. The molecule has 0 rings (SSSR count). The zero-order valence-corrected chi connectivity index (χ0v) is 8.73. The fourth-order valence-corrected chi connectivity index (χ4v) is 0.945. The largest absolute Gasteiger partial charge is 0.364 e. The molecule has 2 nitrogen and oxygen atoms in total. The molecule has 0 radical (unpaired) electrons. The van der Waals surface area contributed by atoms with Crippen LogP contribution in [-0.4, -0.2) is 19.4 Å². The first kappa shape index (κ1) is 11.9. The van der Waals surface area contributed by atoms with Gasteiger partial charge in [0.1, 0.15) is 6.23 Å². The van der Waals surface area contributed by atoms with Gasteiger partial charge in [-0.25, -0.2) is 0 Å². The fraction of sp³-hybridized carbons (Fsp3) is 1.00. The Morgan fingerprint density at radius 1 is 1.17 bits per heavy atom. The van der Waals surface area contributed by atoms with E-state index in [2.05, 4.69) is 26.1 Å². The summed E-state index contributed by atoms with van der Waals surface area (Å²) in [6, 6.07) is 0. The maximum Gasteiger partial charge on any atom is 0.105 e. The summed E-state index contributed by atoms with van der Waals surface area (Å²) in [6.45, 7) is 8.41. The van der Waals surface area contributed by atoms with E-state index in [4.69, 9.17) is 4.74 Å². The Hall–Kier alpha value is -0.0800. The standard InChI is InChI=1S/C10H23NO/c1-4-6-8-11-10(3)12-9-7-5-2/h10-11H,4-9H2,1-3H3. The average molecular weight is 173 g/mol. The lowest BCUT2D eigenvalue weighted by Gasteiger charge is -2.13. The number of nitrogens with one attached hydrogen (secondary N) is 1. The molecule has 0 fully saturated rings. The lowest BCUT2D eigenvalue weighted by molar-refractivity contribution is 0.0410. The Balaban J connectivity index is 3.04. The quantitative estimate of drug-likeness (QED) is 0.450. The van der Waals surface area contributed by atoms with Crippen molar-refractivity contribution in [3.63, 3.8) is 0 Å². The molecule has 0 saturated heterocycles. The molecule has 74 valence electrons. The smallest absolute Gasteiger partial charge is 0.105 e. The van der Waals surface area contributed by atoms with Crippen molar-refractivity contribution in [3.05, 3.63) is 0 Å². The minimum Gasteiger partial charge on any atom is -0.364 e. The Morgan fingerprint density at radius 3 is 2.42 bits per heavy atom. The summed E-state index contributed by atoms with van der Waals surface area (Å²) in [5, 5.41) is 3.32. The van der Waals surface area contributed by atoms with Crippen LogP contribution in [0.4, 0.5) is 0 Å². The van der Waals surface area contributed by atoms with E-state index in [1.165, 1.54) is 25.7 Å². The molecule has 0 saturated carbocycles. The normalized spacial score (nSPS) is 13.2. The average Bonchev–Trinajstić information content (AvgIpc) is 2.06. The first-order valence-electron chi connectivity index (χ1n) is 5.16. The highest BCUT2D eigenvalue weighted by Crippen LogP contribution is 1.92. The second kappa shape index (κ2) is 9.01. The van der Waals surface area contributed by atoms with Gasteiger partial charge < -0.3 is 4.74 Å². The Morgan fingerprint density at radius 2 is 1.83 bits per heavy atom. The molecule has 0 aromatic heterocycles. The molecule has 1 atom stereocenters. The zero-order chi connectivity index (χ0) is 9.23. The van der Waals surface area contributed by atoms with Gasteiger partial charge in [0, 0.05) is 6.61 Å². The Labute approximate surface area is 76.7 Å². The van der Waals surface area contributed by atoms with E-state index >= 15 is 0 Å². The first-order valence-corrected chi connectivity index (χ1v) is 5.16. The van der Waals surface area contributed by atoms with Crippen molar-refractivity contribution in [3.8, 4) is 0 Å². The van der Waals surface area contributed by atoms with Gasteiger partial charge in [0.25, 0.3) is 0 Å². The van der Waals surface area contributed by atoms with Crippen molar-refractivity contribution in [2.24, 2.45) is 0 Å². The molecule has 0 aliphatic heterocycles. The Kier molecular flexibility index (Phi) is 8.95. The van der Waals surface area contributed by atoms with Crippen molar-refractivity contribution >= 4 is 0 Å². The molecule has 2 heteroatoms. The van der Waals surface area contributed by atoms with Crippen LogP contribution >= 0.6 is 0 Å². The van der Waals surface area contributed by atoms with Gasteiger partial charge in [-0.15, -0.1) is 0 Å². The van der Waals surface area contributed by atoms with Crippen molar-refractivity contribution in [2.45, 2.75) is 52.7 Å². The Bertz CT molecular complexity index is 75.9. The van der Waals surface area contributed by atoms with Crippen molar-refractivity contribution in [2.75, 3.05) is 13.2 Å². The van der Waals surface area contributed by atoms with Crippen LogP contribution in [0.5, 0.6) is 0 Å². The molecule has 0 heterocycles. The van der Waals surface area contributed by atoms with Crippen LogP contribution in [0.2, 0.25) is 0 Å². The third-order valence-electron chi connectivity index (χ3n) is 1.83. The maximum absolute atomic E-state index is 5.52. The van der Waals surface area contributed by atoms with Crippen LogP contribution in [0, 0.1) is 0 Å². The molecule has 12 heavy (non-hydrogen) atoms. The maximum atomic E-state index is 5.52. The second-order valence-corrected chi connectivity index (χ2v) is 3.17. The van der Waals surface area contributed by atoms with Gasteiger partial charge in [0.05, 0.1) is 0 Å². The molecule has 1 unspecified atom stereocenters. The van der Waals surface area contributed by atoms with E-state index in [1.54, 1.807) is 0 Å². The monoisotopic (exact) mass is 173 g/mol. The molecular weight excluding hydrogens is 150 g/mol. The second-order valence-electron chi connectivity index (χ2n) is 3.17. The van der Waals surface area contributed by atoms with E-state index in [9.17, 15) is 0 Å². The fourth-order valence-electron chi connectivity index (χ4n) is 0.945. The molecule has 0 spiro atoms. The number of ether oxygens (including phenoxy) is 1. The summed E-state index contributed by atoms with van der Waals surface area (Å²) in [5.74, 6) is 0. The summed E-state index contributed by atoms with van der Waals surface area (Å²) in [4.78, 5) is 0. The van der Waals surface area contributed by atoms with E-state index in [0.717, 1.165) is 13.2 Å². The first-order chi connectivity index (χ1) is 5.81. The molecular formula is C10H23NO. The van der Waals surface area contributed by atoms with Gasteiger partial charge in [0.15, 0.2) is 0 Å². The van der Waals surface area contributed by atoms with Crippen LogP contribution < -0.4 is 5.32 Å². The number of hydrogen-bond donors (Lipinski definition) is 1. The van der Waals surface area contributed by atoms with Crippen LogP contribution in [0.15, 0.2) is 0 Å². The van der Waals surface area contributed by atoms with Crippen LogP contribution in [-0.2, 0) is 4.74 Å². The summed E-state index contributed by atoms with van der Waals surface area (Å²) < 4.78 is 5.52. The summed E-state index contributed by atoms with van der Waals surface area (Å²) in [5.41, 5.74) is 0. The van der Waals surface area contributed by atoms with Gasteiger partial charge in [-0.1, -0.05) is 26.7 Å². The summed E-state index contributed by atoms with van der Waals surface area (Å²) in [7, 11) is 0. The molecule has 0 amide bonds. The van der Waals surface area contributed by atoms with Gasteiger partial charge in [0.2, 0.25) is 0 Å². The van der Waals surface area contributed by atoms with Crippen LogP contribution in [0.25, 0.3) is 0 Å². The topological polar surface area (TPSA) is 21.3 Å². The number of hydrogen-bond acceptors (Lipinski definition) is 2. The van der Waals surface area contributed by atoms with Crippen LogP contribution in [0.1, 0.15) is 46.5 Å². The van der Waals surface area contributed by atoms with Crippen molar-refractivity contribution in [1.82, 2.24) is 5.32 Å². The highest BCUT2D eigenvalue weighted by molar-refractivity contribution is 4.48. The molecule has 1 N–H and O–H groups in total. The molecule has 0 aromatic rings. The lowest BCUT2D eigenvalue weighted by Crippen LogP contribution is -2.29. The van der Waals surface area contributed by atoms with Crippen molar-refractivity contribution in [1.29, 1.82) is 0 Å². The minimum atomic E-state index is 0.225. The van der Waals surface area contributed by atoms with E-state index in [0.29, 0.717) is 0 Å². The zero-order valence-electron chi connectivity index (χ0n) is 8.73. The highest BCUT2D eigenvalue weighted by Gasteiger charge is 1.98. The van der Waals surface area contributed by atoms with Gasteiger partial charge in [-0.3, -0.25) is 5.32 Å². The highest BCUT2D eigenvalue weighted by atomic mass is 16.5. The van der Waals surface area contributed by atoms with Gasteiger partial charge >= 0.3 is 0 Å². The SMILES string of the molecule is CCCCNC(C)OCCCC. The molecule has 0 aromatic carbocycles. The predicted molar refractivity (Wildman–Crippen MR) is 53.2 cm³/mol. The molecule has 0 bridgehead atoms. The predicted octanol–water partition coefficient (Wildman–Crippen LogP) is 2.54. The summed E-state index contributed by atoms with van der Waals surface area (Å²) in [6.07, 6.45) is 5.08. The third kappa shape index (κ3) is 8.02. The third-order valence-corrected chi connectivity index (χ3v) is 1.83. The van der Waals surface area contributed by atoms with Crippen molar-refractivity contribution < 1.29 is 4.74 Å². The van der Waals surface area contributed by atoms with Crippen LogP contribution in [0.3, 0.4) is 0 Å². The lowest BCUT2D eigenvalue weighted by atomic mass is 10.3. The van der Waals surface area contributed by atoms with E-state index in [1.807, 2.05) is 0 Å². The van der Waals surface area contributed by atoms with E-state index in [-0.39, 0.29) is 6.23 Å². The van der Waals surface area contributed by atoms with E-state index < -0.39 is 0 Å². The van der Waals surface area contributed by atoms with Gasteiger partial charge in [-0.05, 0) is 26.3 Å². The number of unbranched alkanes of at least 4 members (excludes halogenated alkanes) is 2.